The van der Waals surface area contributed by atoms with Crippen molar-refractivity contribution in [2.75, 3.05) is 18.2 Å². The van der Waals surface area contributed by atoms with Crippen molar-refractivity contribution in [3.05, 3.63) is 15.3 Å². The first-order valence-corrected chi connectivity index (χ1v) is 7.74. The number of hydrogen-bond donors (Lipinski definition) is 6. The first kappa shape index (κ1) is 17.8. The van der Waals surface area contributed by atoms with Gasteiger partial charge in [-0.3, -0.25) is 9.78 Å². The van der Waals surface area contributed by atoms with E-state index in [1.54, 1.807) is 6.26 Å². The van der Waals surface area contributed by atoms with Crippen molar-refractivity contribution in [2.24, 2.45) is 5.18 Å². The van der Waals surface area contributed by atoms with E-state index in [2.05, 4.69) is 20.5 Å². The minimum absolute atomic E-state index is 0.189. The fourth-order valence-electron chi connectivity index (χ4n) is 2.08. The Kier molecular flexibility index (Phi) is 5.67. The molecule has 0 aliphatic carbocycles. The number of aliphatic hydroxyl groups is 4. The number of H-pyrrole nitrogens is 1. The van der Waals surface area contributed by atoms with Gasteiger partial charge in [-0.2, -0.15) is 0 Å². The Bertz CT molecular complexity index is 625. The van der Waals surface area contributed by atoms with Crippen LogP contribution in [0.2, 0.25) is 0 Å². The van der Waals surface area contributed by atoms with Crippen molar-refractivity contribution in [1.29, 1.82) is 0 Å². The number of nitroso groups, excluding NO2 is 1. The molecule has 0 radical (unpaired) electrons. The lowest BCUT2D eigenvalue weighted by Crippen LogP contribution is -2.60. The van der Waals surface area contributed by atoms with Crippen LogP contribution in [-0.4, -0.2) is 73.9 Å². The van der Waals surface area contributed by atoms with Gasteiger partial charge in [0.1, 0.15) is 24.4 Å². The lowest BCUT2D eigenvalue weighted by atomic mass is 9.98. The topological polar surface area (TPSA) is 177 Å². The number of hydrogen-bond acceptors (Lipinski definition) is 11. The molecule has 0 bridgehead atoms. The van der Waals surface area contributed by atoms with E-state index in [1.165, 1.54) is 0 Å². The monoisotopic (exact) mass is 348 g/mol. The molecule has 0 unspecified atom stereocenters. The molecule has 1 saturated heterocycles. The van der Waals surface area contributed by atoms with Crippen LogP contribution in [0, 0.1) is 4.91 Å². The zero-order valence-electron chi connectivity index (χ0n) is 11.9. The third-order valence-corrected chi connectivity index (χ3v) is 3.91. The van der Waals surface area contributed by atoms with E-state index in [1.807, 2.05) is 0 Å². The van der Waals surface area contributed by atoms with E-state index in [0.717, 1.165) is 11.8 Å². The van der Waals surface area contributed by atoms with Gasteiger partial charge in [-0.25, -0.2) is 4.98 Å². The molecule has 2 rings (SSSR count). The molecule has 5 atom stereocenters. The number of ether oxygens (including phenoxy) is 1. The molecular weight excluding hydrogens is 332 g/mol. The Hall–Kier alpha value is -1.57. The largest absolute Gasteiger partial charge is 0.394 e. The third kappa shape index (κ3) is 3.52. The summed E-state index contributed by atoms with van der Waals surface area (Å²) in [6, 6.07) is 0. The van der Waals surface area contributed by atoms with Crippen LogP contribution in [-0.2, 0) is 4.74 Å². The predicted molar refractivity (Wildman–Crippen MR) is 79.5 cm³/mol. The Balaban J connectivity index is 2.32. The summed E-state index contributed by atoms with van der Waals surface area (Å²) in [5.41, 5.74) is -1.34. The van der Waals surface area contributed by atoms with Crippen molar-refractivity contribution in [3.63, 3.8) is 0 Å². The number of thioether (sulfide) groups is 1. The van der Waals surface area contributed by atoms with Crippen LogP contribution >= 0.6 is 11.8 Å². The van der Waals surface area contributed by atoms with Gasteiger partial charge in [0.15, 0.2) is 17.2 Å². The van der Waals surface area contributed by atoms with Crippen LogP contribution in [0.15, 0.2) is 15.1 Å². The number of aliphatic hydroxyl groups excluding tert-OH is 4. The molecule has 0 saturated carbocycles. The molecule has 128 valence electrons. The van der Waals surface area contributed by atoms with E-state index < -0.39 is 48.5 Å². The Labute approximate surface area is 133 Å². The highest BCUT2D eigenvalue weighted by Crippen LogP contribution is 2.26. The summed E-state index contributed by atoms with van der Waals surface area (Å²) in [7, 11) is 0. The molecule has 1 aromatic heterocycles. The summed E-state index contributed by atoms with van der Waals surface area (Å²) in [6.07, 6.45) is -5.54. The van der Waals surface area contributed by atoms with Crippen LogP contribution < -0.4 is 10.9 Å². The van der Waals surface area contributed by atoms with E-state index in [-0.39, 0.29) is 11.0 Å². The molecule has 23 heavy (non-hydrogen) atoms. The second-order valence-electron chi connectivity index (χ2n) is 4.76. The van der Waals surface area contributed by atoms with Gasteiger partial charge in [-0.1, -0.05) is 11.8 Å². The van der Waals surface area contributed by atoms with E-state index in [0.29, 0.717) is 0 Å². The lowest BCUT2D eigenvalue weighted by molar-refractivity contribution is -0.221. The molecule has 6 N–H and O–H groups in total. The van der Waals surface area contributed by atoms with Gasteiger partial charge in [-0.15, -0.1) is 4.91 Å². The van der Waals surface area contributed by atoms with Crippen molar-refractivity contribution in [2.45, 2.75) is 35.8 Å². The molecule has 0 aromatic carbocycles. The maximum absolute atomic E-state index is 11.7. The number of aromatic amines is 1. The van der Waals surface area contributed by atoms with Crippen LogP contribution in [0.4, 0.5) is 11.5 Å². The maximum Gasteiger partial charge on any atom is 0.283 e. The maximum atomic E-state index is 11.7. The summed E-state index contributed by atoms with van der Waals surface area (Å²) >= 11 is 1.10. The molecule has 1 aliphatic heterocycles. The number of nitrogens with zero attached hydrogens (tertiary/aromatic N) is 2. The fraction of sp³-hybridized carbons (Fsp3) is 0.636. The second-order valence-corrected chi connectivity index (χ2v) is 5.55. The van der Waals surface area contributed by atoms with E-state index in [9.17, 15) is 25.0 Å². The third-order valence-electron chi connectivity index (χ3n) is 3.33. The van der Waals surface area contributed by atoms with Gasteiger partial charge >= 0.3 is 0 Å². The standard InChI is InChI=1S/C11H16N4O7S/c1-23-11-13-8(4(15-21)9(20)14-11)12-10-7(19)6(18)5(17)3(2-16)22-10/h3,5-7,10,16-19H,2H2,1H3,(H2,12,13,14,20)/t3-,5-,6+,7-,10-/m1/s1. The molecule has 11 nitrogen and oxygen atoms in total. The van der Waals surface area contributed by atoms with Crippen molar-refractivity contribution in [3.8, 4) is 0 Å². The van der Waals surface area contributed by atoms with Gasteiger partial charge in [0.05, 0.1) is 6.61 Å². The number of aromatic nitrogens is 2. The Morgan fingerprint density at radius 2 is 2.04 bits per heavy atom. The summed E-state index contributed by atoms with van der Waals surface area (Å²) in [4.78, 5) is 28.8. The van der Waals surface area contributed by atoms with Gasteiger partial charge < -0.3 is 30.5 Å². The van der Waals surface area contributed by atoms with E-state index in [4.69, 9.17) is 9.84 Å². The molecule has 1 fully saturated rings. The Morgan fingerprint density at radius 3 is 2.61 bits per heavy atom. The SMILES string of the molecule is CSc1nc(N[C@@H]2O[C@H](CO)[C@@H](O)[C@H](O)[C@H]2O)c(N=O)c(=O)[nH]1. The average Bonchev–Trinajstić information content (AvgIpc) is 2.54. The van der Waals surface area contributed by atoms with Crippen molar-refractivity contribution >= 4 is 23.3 Å². The fourth-order valence-corrected chi connectivity index (χ4v) is 2.46. The highest BCUT2D eigenvalue weighted by Gasteiger charge is 2.43. The average molecular weight is 348 g/mol. The normalized spacial score (nSPS) is 30.9. The summed E-state index contributed by atoms with van der Waals surface area (Å²) in [6.45, 7) is -0.610. The highest BCUT2D eigenvalue weighted by atomic mass is 32.2. The van der Waals surface area contributed by atoms with Crippen molar-refractivity contribution < 1.29 is 25.2 Å². The number of nitrogens with one attached hydrogen (secondary N) is 2. The van der Waals surface area contributed by atoms with Crippen LogP contribution in [0.5, 0.6) is 0 Å². The predicted octanol–water partition coefficient (Wildman–Crippen LogP) is -1.90. The quantitative estimate of drug-likeness (QED) is 0.200. The highest BCUT2D eigenvalue weighted by molar-refractivity contribution is 7.98. The first-order chi connectivity index (χ1) is 10.9. The number of rotatable bonds is 5. The smallest absolute Gasteiger partial charge is 0.283 e. The Morgan fingerprint density at radius 1 is 1.35 bits per heavy atom. The number of anilines is 1. The minimum atomic E-state index is -1.60. The van der Waals surface area contributed by atoms with Gasteiger partial charge in [0.25, 0.3) is 5.56 Å². The first-order valence-electron chi connectivity index (χ1n) is 6.51. The molecule has 1 aromatic rings. The molecular formula is C11H16N4O7S. The zero-order chi connectivity index (χ0) is 17.1. The van der Waals surface area contributed by atoms with Gasteiger partial charge in [0, 0.05) is 0 Å². The summed E-state index contributed by atoms with van der Waals surface area (Å²) < 4.78 is 5.22. The van der Waals surface area contributed by atoms with Crippen LogP contribution in [0.1, 0.15) is 0 Å². The molecule has 1 aliphatic rings. The summed E-state index contributed by atoms with van der Waals surface area (Å²) in [5, 5.41) is 43.7. The minimum Gasteiger partial charge on any atom is -0.394 e. The van der Waals surface area contributed by atoms with E-state index >= 15 is 0 Å². The van der Waals surface area contributed by atoms with Crippen molar-refractivity contribution in [1.82, 2.24) is 9.97 Å². The van der Waals surface area contributed by atoms with Gasteiger partial charge in [-0.05, 0) is 11.4 Å². The zero-order valence-corrected chi connectivity index (χ0v) is 12.7. The lowest BCUT2D eigenvalue weighted by Gasteiger charge is -2.40. The molecule has 12 heteroatoms. The second kappa shape index (κ2) is 7.33. The van der Waals surface area contributed by atoms with Crippen LogP contribution in [0.25, 0.3) is 0 Å². The van der Waals surface area contributed by atoms with Crippen LogP contribution in [0.3, 0.4) is 0 Å². The molecule has 2 heterocycles. The molecule has 0 amide bonds. The molecule has 0 spiro atoms. The van der Waals surface area contributed by atoms with Gasteiger partial charge in [0.2, 0.25) is 5.69 Å². The summed E-state index contributed by atoms with van der Waals surface area (Å²) in [5.74, 6) is -0.252.